The molecule has 0 heterocycles. The van der Waals surface area contributed by atoms with Crippen LogP contribution in [0.4, 0.5) is 0 Å². The van der Waals surface area contributed by atoms with Crippen molar-refractivity contribution in [1.29, 1.82) is 0 Å². The molecule has 0 aliphatic heterocycles. The van der Waals surface area contributed by atoms with E-state index in [2.05, 4.69) is 0 Å². The van der Waals surface area contributed by atoms with Gasteiger partial charge in [0, 0.05) is 38.8 Å². The van der Waals surface area contributed by atoms with Crippen LogP contribution in [0.1, 0.15) is 32.1 Å². The molecule has 1 aliphatic carbocycles. The van der Waals surface area contributed by atoms with Gasteiger partial charge in [-0.2, -0.15) is 0 Å². The summed E-state index contributed by atoms with van der Waals surface area (Å²) in [7, 11) is 0. The van der Waals surface area contributed by atoms with Crippen LogP contribution in [0.5, 0.6) is 0 Å². The van der Waals surface area contributed by atoms with Crippen molar-refractivity contribution in [2.24, 2.45) is 5.73 Å². The summed E-state index contributed by atoms with van der Waals surface area (Å²) < 4.78 is 0. The van der Waals surface area contributed by atoms with E-state index in [1.54, 1.807) is 0 Å². The Morgan fingerprint density at radius 3 is 1.67 bits per heavy atom. The molecule has 0 aromatic heterocycles. The standard InChI is InChI=1S/C6H13N.CH3.Y/c7-6-4-2-1-3-5-6;;/h6H,1-5,7H2;1H3;/q;-1;. The summed E-state index contributed by atoms with van der Waals surface area (Å²) in [4.78, 5) is 0. The summed E-state index contributed by atoms with van der Waals surface area (Å²) in [5, 5.41) is 0. The van der Waals surface area contributed by atoms with Crippen LogP contribution in [-0.2, 0) is 32.7 Å². The van der Waals surface area contributed by atoms with E-state index >= 15 is 0 Å². The summed E-state index contributed by atoms with van der Waals surface area (Å²) in [6, 6.07) is 0.536. The zero-order chi connectivity index (χ0) is 5.11. The predicted octanol–water partition coefficient (Wildman–Crippen LogP) is 1.73. The van der Waals surface area contributed by atoms with E-state index in [9.17, 15) is 0 Å². The van der Waals surface area contributed by atoms with Gasteiger partial charge in [0.1, 0.15) is 0 Å². The van der Waals surface area contributed by atoms with Gasteiger partial charge in [-0.05, 0) is 12.8 Å². The Kier molecular flexibility index (Phi) is 10.1. The van der Waals surface area contributed by atoms with E-state index in [-0.39, 0.29) is 40.1 Å². The van der Waals surface area contributed by atoms with Gasteiger partial charge in [-0.25, -0.2) is 0 Å². The first-order valence-corrected chi connectivity index (χ1v) is 3.15. The van der Waals surface area contributed by atoms with Crippen LogP contribution in [0.3, 0.4) is 0 Å². The third-order valence-electron chi connectivity index (χ3n) is 1.65. The molecule has 2 N–H and O–H groups in total. The molecule has 0 spiro atoms. The Bertz CT molecular complexity index is 50.9. The number of nitrogens with two attached hydrogens (primary N) is 1. The maximum Gasteiger partial charge on any atom is 0.00388 e. The van der Waals surface area contributed by atoms with Gasteiger partial charge in [0.25, 0.3) is 0 Å². The topological polar surface area (TPSA) is 26.0 Å². The van der Waals surface area contributed by atoms with Gasteiger partial charge < -0.3 is 13.2 Å². The van der Waals surface area contributed by atoms with Gasteiger partial charge in [-0.1, -0.05) is 19.3 Å². The van der Waals surface area contributed by atoms with Crippen LogP contribution in [0.15, 0.2) is 0 Å². The minimum Gasteiger partial charge on any atom is -0.358 e. The van der Waals surface area contributed by atoms with Gasteiger partial charge >= 0.3 is 0 Å². The molecule has 0 atom stereocenters. The third kappa shape index (κ3) is 5.51. The molecule has 1 nitrogen and oxygen atoms in total. The average molecular weight is 203 g/mol. The van der Waals surface area contributed by atoms with E-state index in [1.165, 1.54) is 32.1 Å². The van der Waals surface area contributed by atoms with Crippen molar-refractivity contribution in [1.82, 2.24) is 0 Å². The van der Waals surface area contributed by atoms with Crippen molar-refractivity contribution in [2.75, 3.05) is 0 Å². The van der Waals surface area contributed by atoms with Crippen LogP contribution in [0, 0.1) is 7.43 Å². The van der Waals surface area contributed by atoms with E-state index in [0.717, 1.165) is 0 Å². The maximum atomic E-state index is 5.63. The molecule has 0 saturated heterocycles. The minimum atomic E-state index is 0. The molecule has 9 heavy (non-hydrogen) atoms. The number of hydrogen-bond donors (Lipinski definition) is 1. The first kappa shape index (κ1) is 12.7. The largest absolute Gasteiger partial charge is 0.358 e. The smallest absolute Gasteiger partial charge is 0.00388 e. The molecule has 1 saturated carbocycles. The second-order valence-electron chi connectivity index (χ2n) is 2.40. The Morgan fingerprint density at radius 1 is 1.00 bits per heavy atom. The Hall–Kier alpha value is 1.06. The second kappa shape index (κ2) is 7.17. The van der Waals surface area contributed by atoms with E-state index in [0.29, 0.717) is 6.04 Å². The van der Waals surface area contributed by atoms with Crippen molar-refractivity contribution in [2.45, 2.75) is 38.1 Å². The summed E-state index contributed by atoms with van der Waals surface area (Å²) in [6.45, 7) is 0. The maximum absolute atomic E-state index is 5.63. The normalized spacial score (nSPS) is 19.7. The Balaban J connectivity index is 0. The van der Waals surface area contributed by atoms with Crippen LogP contribution < -0.4 is 5.73 Å². The zero-order valence-electron chi connectivity index (χ0n) is 6.27. The number of rotatable bonds is 0. The summed E-state index contributed by atoms with van der Waals surface area (Å²) in [6.07, 6.45) is 6.66. The first-order chi connectivity index (χ1) is 3.39. The van der Waals surface area contributed by atoms with Crippen molar-refractivity contribution in [3.05, 3.63) is 7.43 Å². The minimum absolute atomic E-state index is 0. The molecule has 1 aliphatic rings. The van der Waals surface area contributed by atoms with Crippen LogP contribution in [0.25, 0.3) is 0 Å². The molecule has 1 rings (SSSR count). The van der Waals surface area contributed by atoms with E-state index in [1.807, 2.05) is 0 Å². The van der Waals surface area contributed by atoms with Gasteiger partial charge in [0.05, 0.1) is 0 Å². The van der Waals surface area contributed by atoms with Crippen LogP contribution in [0.2, 0.25) is 0 Å². The molecule has 53 valence electrons. The van der Waals surface area contributed by atoms with Crippen molar-refractivity contribution in [3.8, 4) is 0 Å². The van der Waals surface area contributed by atoms with Gasteiger partial charge in [0.15, 0.2) is 0 Å². The molecular formula is C7H16NY-. The summed E-state index contributed by atoms with van der Waals surface area (Å²) >= 11 is 0. The van der Waals surface area contributed by atoms with Crippen LogP contribution in [-0.4, -0.2) is 6.04 Å². The Morgan fingerprint density at radius 2 is 1.44 bits per heavy atom. The molecule has 1 fully saturated rings. The SMILES string of the molecule is NC1CCCCC1.[CH3-].[Y]. The summed E-state index contributed by atoms with van der Waals surface area (Å²) in [5.74, 6) is 0. The quantitative estimate of drug-likeness (QED) is 0.596. The molecule has 0 amide bonds. The van der Waals surface area contributed by atoms with Crippen molar-refractivity contribution < 1.29 is 32.7 Å². The van der Waals surface area contributed by atoms with E-state index < -0.39 is 0 Å². The second-order valence-corrected chi connectivity index (χ2v) is 2.40. The van der Waals surface area contributed by atoms with Crippen molar-refractivity contribution >= 4 is 0 Å². The predicted molar refractivity (Wildman–Crippen MR) is 37.5 cm³/mol. The average Bonchev–Trinajstić information content (AvgIpc) is 1.69. The van der Waals surface area contributed by atoms with Crippen molar-refractivity contribution in [3.63, 3.8) is 0 Å². The molecule has 1 radical (unpaired) electrons. The molecule has 2 heteroatoms. The van der Waals surface area contributed by atoms with Gasteiger partial charge in [-0.15, -0.1) is 0 Å². The fraction of sp³-hybridized carbons (Fsp3) is 0.857. The molecular weight excluding hydrogens is 187 g/mol. The first-order valence-electron chi connectivity index (χ1n) is 3.15. The fourth-order valence-corrected chi connectivity index (χ4v) is 1.13. The Labute approximate surface area is 83.7 Å². The third-order valence-corrected chi connectivity index (χ3v) is 1.65. The monoisotopic (exact) mass is 203 g/mol. The molecule has 0 bridgehead atoms. The zero-order valence-corrected chi connectivity index (χ0v) is 9.11. The molecule has 0 unspecified atom stereocenters. The fourth-order valence-electron chi connectivity index (χ4n) is 1.13. The van der Waals surface area contributed by atoms with Crippen LogP contribution >= 0.6 is 0 Å². The van der Waals surface area contributed by atoms with E-state index in [4.69, 9.17) is 5.73 Å². The van der Waals surface area contributed by atoms with Gasteiger partial charge in [0.2, 0.25) is 0 Å². The molecule has 0 aromatic carbocycles. The number of hydrogen-bond acceptors (Lipinski definition) is 1. The van der Waals surface area contributed by atoms with Gasteiger partial charge in [-0.3, -0.25) is 0 Å². The molecule has 0 aromatic rings. The summed E-state index contributed by atoms with van der Waals surface area (Å²) in [5.41, 5.74) is 5.63.